The Balaban J connectivity index is 2.08. The summed E-state index contributed by atoms with van der Waals surface area (Å²) in [5.74, 6) is 0.867. The second kappa shape index (κ2) is 4.52. The number of carbonyl (C=O) groups is 1. The maximum Gasteiger partial charge on any atom is 0.244 e. The van der Waals surface area contributed by atoms with Crippen molar-refractivity contribution in [1.82, 2.24) is 10.2 Å². The third-order valence-electron chi connectivity index (χ3n) is 5.03. The number of amides is 1. The molecule has 2 fully saturated rings. The Labute approximate surface area is 111 Å². The topological polar surface area (TPSA) is 32.3 Å². The number of nitrogens with one attached hydrogen (secondary N) is 1. The molecule has 2 aliphatic rings. The van der Waals surface area contributed by atoms with Crippen LogP contribution in [0.3, 0.4) is 0 Å². The van der Waals surface area contributed by atoms with Crippen molar-refractivity contribution in [3.63, 3.8) is 0 Å². The summed E-state index contributed by atoms with van der Waals surface area (Å²) in [5, 5.41) is 3.56. The first-order valence-electron chi connectivity index (χ1n) is 7.35. The number of rotatable bonds is 2. The van der Waals surface area contributed by atoms with Crippen molar-refractivity contribution in [2.45, 2.75) is 72.0 Å². The van der Waals surface area contributed by atoms with Crippen molar-refractivity contribution in [1.29, 1.82) is 0 Å². The fourth-order valence-electron chi connectivity index (χ4n) is 3.14. The number of nitrogens with zero attached hydrogens (tertiary/aromatic N) is 1. The van der Waals surface area contributed by atoms with E-state index in [-0.39, 0.29) is 17.1 Å². The summed E-state index contributed by atoms with van der Waals surface area (Å²) in [7, 11) is 0. The number of hydrogen-bond acceptors (Lipinski definition) is 2. The quantitative estimate of drug-likeness (QED) is 0.819. The summed E-state index contributed by atoms with van der Waals surface area (Å²) in [4.78, 5) is 14.7. The maximum atomic E-state index is 12.7. The highest BCUT2D eigenvalue weighted by Gasteiger charge is 2.51. The number of hydrogen-bond donors (Lipinski definition) is 1. The monoisotopic (exact) mass is 252 g/mol. The van der Waals surface area contributed by atoms with Gasteiger partial charge < -0.3 is 4.90 Å². The van der Waals surface area contributed by atoms with Crippen molar-refractivity contribution < 1.29 is 4.79 Å². The predicted molar refractivity (Wildman–Crippen MR) is 74.1 cm³/mol. The Bertz CT molecular complexity index is 326. The Hall–Kier alpha value is -0.570. The van der Waals surface area contributed by atoms with Gasteiger partial charge in [-0.3, -0.25) is 10.1 Å². The first-order chi connectivity index (χ1) is 8.26. The Morgan fingerprint density at radius 3 is 2.44 bits per heavy atom. The molecular weight excluding hydrogens is 224 g/mol. The minimum Gasteiger partial charge on any atom is -0.326 e. The minimum atomic E-state index is -0.211. The highest BCUT2D eigenvalue weighted by atomic mass is 16.2. The normalized spacial score (nSPS) is 29.3. The van der Waals surface area contributed by atoms with Crippen LogP contribution in [0.2, 0.25) is 0 Å². The van der Waals surface area contributed by atoms with Crippen LogP contribution in [0.15, 0.2) is 0 Å². The molecule has 1 aliphatic heterocycles. The van der Waals surface area contributed by atoms with E-state index in [1.807, 2.05) is 0 Å². The maximum absolute atomic E-state index is 12.7. The van der Waals surface area contributed by atoms with Crippen LogP contribution in [0.1, 0.15) is 60.3 Å². The second-order valence-electron chi connectivity index (χ2n) is 7.33. The molecule has 2 unspecified atom stereocenters. The van der Waals surface area contributed by atoms with Crippen LogP contribution in [-0.2, 0) is 4.79 Å². The first-order valence-corrected chi connectivity index (χ1v) is 7.35. The molecule has 0 bridgehead atoms. The lowest BCUT2D eigenvalue weighted by Gasteiger charge is -2.33. The molecule has 3 heteroatoms. The lowest BCUT2D eigenvalue weighted by Crippen LogP contribution is -2.44. The molecule has 0 aromatic heterocycles. The van der Waals surface area contributed by atoms with E-state index in [9.17, 15) is 4.79 Å². The summed E-state index contributed by atoms with van der Waals surface area (Å²) < 4.78 is 0. The molecule has 18 heavy (non-hydrogen) atoms. The molecule has 1 spiro atoms. The van der Waals surface area contributed by atoms with E-state index in [0.29, 0.717) is 11.8 Å². The molecule has 0 aromatic carbocycles. The van der Waals surface area contributed by atoms with Crippen LogP contribution in [0.5, 0.6) is 0 Å². The highest BCUT2D eigenvalue weighted by Crippen LogP contribution is 2.37. The molecule has 1 N–H and O–H groups in total. The van der Waals surface area contributed by atoms with Gasteiger partial charge in [-0.15, -0.1) is 0 Å². The summed E-state index contributed by atoms with van der Waals surface area (Å²) in [6, 6.07) is 0. The van der Waals surface area contributed by atoms with Crippen molar-refractivity contribution in [3.8, 4) is 0 Å². The molecule has 2 rings (SSSR count). The smallest absolute Gasteiger partial charge is 0.244 e. The van der Waals surface area contributed by atoms with Gasteiger partial charge in [0.05, 0.1) is 11.7 Å². The minimum absolute atomic E-state index is 0.195. The van der Waals surface area contributed by atoms with Crippen molar-refractivity contribution >= 4 is 5.91 Å². The second-order valence-corrected chi connectivity index (χ2v) is 7.33. The lowest BCUT2D eigenvalue weighted by atomic mass is 9.81. The molecule has 1 saturated heterocycles. The van der Waals surface area contributed by atoms with E-state index in [2.05, 4.69) is 44.8 Å². The van der Waals surface area contributed by atoms with Crippen LogP contribution in [0.4, 0.5) is 0 Å². The molecule has 1 amide bonds. The van der Waals surface area contributed by atoms with E-state index >= 15 is 0 Å². The van der Waals surface area contributed by atoms with Crippen LogP contribution in [0.25, 0.3) is 0 Å². The van der Waals surface area contributed by atoms with E-state index in [0.717, 1.165) is 19.4 Å². The molecule has 1 saturated carbocycles. The fraction of sp³-hybridized carbons (Fsp3) is 0.933. The Kier molecular flexibility index (Phi) is 3.48. The number of carbonyl (C=O) groups excluding carboxylic acids is 1. The third-order valence-corrected chi connectivity index (χ3v) is 5.03. The van der Waals surface area contributed by atoms with Gasteiger partial charge in [-0.25, -0.2) is 0 Å². The van der Waals surface area contributed by atoms with Crippen LogP contribution in [0, 0.1) is 11.3 Å². The summed E-state index contributed by atoms with van der Waals surface area (Å²) >= 11 is 0. The summed E-state index contributed by atoms with van der Waals surface area (Å²) in [6.45, 7) is 12.0. The van der Waals surface area contributed by atoms with Crippen LogP contribution in [-0.4, -0.2) is 29.1 Å². The molecule has 1 aliphatic carbocycles. The average Bonchev–Trinajstić information content (AvgIpc) is 2.79. The zero-order valence-electron chi connectivity index (χ0n) is 12.5. The first kappa shape index (κ1) is 13.9. The zero-order chi connectivity index (χ0) is 13.6. The van der Waals surface area contributed by atoms with Crippen LogP contribution >= 0.6 is 0 Å². The Morgan fingerprint density at radius 1 is 1.39 bits per heavy atom. The van der Waals surface area contributed by atoms with E-state index in [1.165, 1.54) is 12.8 Å². The summed E-state index contributed by atoms with van der Waals surface area (Å²) in [5.41, 5.74) is 0.0441. The largest absolute Gasteiger partial charge is 0.326 e. The van der Waals surface area contributed by atoms with E-state index in [4.69, 9.17) is 0 Å². The van der Waals surface area contributed by atoms with E-state index in [1.54, 1.807) is 0 Å². The van der Waals surface area contributed by atoms with Gasteiger partial charge in [-0.1, -0.05) is 40.5 Å². The SMILES string of the molecule is CC1NC2(CCCC2)C(=O)N1CC(C)C(C)(C)C. The molecule has 2 atom stereocenters. The lowest BCUT2D eigenvalue weighted by molar-refractivity contribution is -0.134. The van der Waals surface area contributed by atoms with Gasteiger partial charge in [0.2, 0.25) is 5.91 Å². The molecule has 0 aromatic rings. The highest BCUT2D eigenvalue weighted by molar-refractivity contribution is 5.89. The van der Waals surface area contributed by atoms with Gasteiger partial charge in [0, 0.05) is 6.54 Å². The molecule has 1 heterocycles. The zero-order valence-corrected chi connectivity index (χ0v) is 12.5. The summed E-state index contributed by atoms with van der Waals surface area (Å²) in [6.07, 6.45) is 4.62. The van der Waals surface area contributed by atoms with Gasteiger partial charge >= 0.3 is 0 Å². The Morgan fingerprint density at radius 2 is 1.94 bits per heavy atom. The average molecular weight is 252 g/mol. The van der Waals surface area contributed by atoms with Gasteiger partial charge in [0.25, 0.3) is 0 Å². The fourth-order valence-corrected chi connectivity index (χ4v) is 3.14. The molecule has 104 valence electrons. The van der Waals surface area contributed by atoms with Crippen LogP contribution < -0.4 is 5.32 Å². The van der Waals surface area contributed by atoms with Crippen molar-refractivity contribution in [2.75, 3.05) is 6.54 Å². The third kappa shape index (κ3) is 2.29. The van der Waals surface area contributed by atoms with Gasteiger partial charge in [-0.05, 0) is 31.1 Å². The molecule has 3 nitrogen and oxygen atoms in total. The van der Waals surface area contributed by atoms with Crippen molar-refractivity contribution in [3.05, 3.63) is 0 Å². The standard InChI is InChI=1S/C15H28N2O/c1-11(14(3,4)5)10-17-12(2)16-15(13(17)18)8-6-7-9-15/h11-12,16H,6-10H2,1-5H3. The van der Waals surface area contributed by atoms with Gasteiger partial charge in [-0.2, -0.15) is 0 Å². The van der Waals surface area contributed by atoms with Gasteiger partial charge in [0.1, 0.15) is 0 Å². The molecule has 0 radical (unpaired) electrons. The van der Waals surface area contributed by atoms with Crippen molar-refractivity contribution in [2.24, 2.45) is 11.3 Å². The van der Waals surface area contributed by atoms with E-state index < -0.39 is 0 Å². The predicted octanol–water partition coefficient (Wildman–Crippen LogP) is 2.76. The molecular formula is C15H28N2O. The van der Waals surface area contributed by atoms with Gasteiger partial charge in [0.15, 0.2) is 0 Å².